The monoisotopic (exact) mass is 270 g/mol. The van der Waals surface area contributed by atoms with Crippen LogP contribution in [-0.4, -0.2) is 12.5 Å². The molecule has 4 heteroatoms. The third-order valence-corrected chi connectivity index (χ3v) is 3.62. The first-order chi connectivity index (χ1) is 9.74. The Morgan fingerprint density at radius 3 is 3.10 bits per heavy atom. The molecule has 1 atom stereocenters. The van der Waals surface area contributed by atoms with E-state index in [0.717, 1.165) is 30.8 Å². The summed E-state index contributed by atoms with van der Waals surface area (Å²) in [6.45, 7) is 2.92. The molecular weight excluding hydrogens is 252 g/mol. The number of carbonyl (C=O) groups excluding carboxylic acids is 1. The van der Waals surface area contributed by atoms with Gasteiger partial charge in [-0.1, -0.05) is 0 Å². The van der Waals surface area contributed by atoms with Gasteiger partial charge in [0.25, 0.3) is 5.91 Å². The molecule has 1 aliphatic heterocycles. The first-order valence-electron chi connectivity index (χ1n) is 6.95. The molecule has 1 aliphatic rings. The van der Waals surface area contributed by atoms with Crippen LogP contribution in [-0.2, 0) is 6.42 Å². The minimum Gasteiger partial charge on any atom is -0.467 e. The van der Waals surface area contributed by atoms with Crippen LogP contribution in [0.1, 0.15) is 41.1 Å². The molecule has 0 saturated heterocycles. The van der Waals surface area contributed by atoms with E-state index < -0.39 is 0 Å². The van der Waals surface area contributed by atoms with E-state index in [9.17, 15) is 4.79 Å². The number of hydrogen-bond acceptors (Lipinski definition) is 3. The number of benzene rings is 1. The first kappa shape index (κ1) is 12.8. The summed E-state index contributed by atoms with van der Waals surface area (Å²) in [6.07, 6.45) is 3.75. The number of amides is 1. The number of rotatable bonds is 3. The van der Waals surface area contributed by atoms with Gasteiger partial charge in [-0.15, -0.1) is 0 Å². The number of anilines is 1. The zero-order valence-electron chi connectivity index (χ0n) is 11.5. The highest BCUT2D eigenvalue weighted by Gasteiger charge is 2.15. The molecule has 1 unspecified atom stereocenters. The standard InChI is InChI=1S/C16H18N2O2/c1-11(15-5-3-9-20-15)18-16(19)13-6-7-14-12(10-13)4-2-8-17-14/h3,5-7,9-11,17H,2,4,8H2,1H3,(H,18,19). The van der Waals surface area contributed by atoms with E-state index in [1.54, 1.807) is 6.26 Å². The van der Waals surface area contributed by atoms with Crippen molar-refractivity contribution >= 4 is 11.6 Å². The Balaban J connectivity index is 1.74. The summed E-state index contributed by atoms with van der Waals surface area (Å²) in [5, 5.41) is 6.30. The van der Waals surface area contributed by atoms with Gasteiger partial charge in [-0.2, -0.15) is 0 Å². The second-order valence-corrected chi connectivity index (χ2v) is 5.11. The molecule has 4 nitrogen and oxygen atoms in total. The highest BCUT2D eigenvalue weighted by Crippen LogP contribution is 2.23. The molecule has 2 heterocycles. The molecule has 1 aromatic heterocycles. The Kier molecular flexibility index (Phi) is 3.46. The Labute approximate surface area is 118 Å². The maximum atomic E-state index is 12.3. The van der Waals surface area contributed by atoms with Crippen LogP contribution in [0.2, 0.25) is 0 Å². The predicted octanol–water partition coefficient (Wildman–Crippen LogP) is 3.13. The van der Waals surface area contributed by atoms with Gasteiger partial charge in [-0.25, -0.2) is 0 Å². The van der Waals surface area contributed by atoms with Crippen molar-refractivity contribution in [2.75, 3.05) is 11.9 Å². The van der Waals surface area contributed by atoms with Gasteiger partial charge in [0.05, 0.1) is 12.3 Å². The smallest absolute Gasteiger partial charge is 0.251 e. The molecule has 0 spiro atoms. The molecule has 0 radical (unpaired) electrons. The van der Waals surface area contributed by atoms with Crippen molar-refractivity contribution in [1.29, 1.82) is 0 Å². The van der Waals surface area contributed by atoms with Gasteiger partial charge in [0.2, 0.25) is 0 Å². The average molecular weight is 270 g/mol. The summed E-state index contributed by atoms with van der Waals surface area (Å²) in [4.78, 5) is 12.3. The van der Waals surface area contributed by atoms with Crippen molar-refractivity contribution in [1.82, 2.24) is 5.32 Å². The van der Waals surface area contributed by atoms with Gasteiger partial charge in [-0.05, 0) is 55.7 Å². The third-order valence-electron chi connectivity index (χ3n) is 3.62. The number of furan rings is 1. The zero-order valence-corrected chi connectivity index (χ0v) is 11.5. The summed E-state index contributed by atoms with van der Waals surface area (Å²) < 4.78 is 5.30. The maximum Gasteiger partial charge on any atom is 0.251 e. The summed E-state index contributed by atoms with van der Waals surface area (Å²) in [5.74, 6) is 0.695. The number of aryl methyl sites for hydroxylation is 1. The van der Waals surface area contributed by atoms with E-state index >= 15 is 0 Å². The third kappa shape index (κ3) is 2.54. The quantitative estimate of drug-likeness (QED) is 0.901. The average Bonchev–Trinajstić information content (AvgIpc) is 3.01. The summed E-state index contributed by atoms with van der Waals surface area (Å²) >= 11 is 0. The highest BCUT2D eigenvalue weighted by atomic mass is 16.3. The van der Waals surface area contributed by atoms with Crippen molar-refractivity contribution in [2.45, 2.75) is 25.8 Å². The van der Waals surface area contributed by atoms with E-state index in [2.05, 4.69) is 10.6 Å². The normalized spacial score (nSPS) is 15.1. The summed E-state index contributed by atoms with van der Waals surface area (Å²) in [7, 11) is 0. The van der Waals surface area contributed by atoms with Crippen LogP contribution in [0, 0.1) is 0 Å². The molecule has 0 fully saturated rings. The van der Waals surface area contributed by atoms with Crippen molar-refractivity contribution in [3.63, 3.8) is 0 Å². The molecule has 0 aliphatic carbocycles. The van der Waals surface area contributed by atoms with Crippen molar-refractivity contribution in [2.24, 2.45) is 0 Å². The molecule has 0 bridgehead atoms. The maximum absolute atomic E-state index is 12.3. The minimum absolute atomic E-state index is 0.0673. The number of carbonyl (C=O) groups is 1. The zero-order chi connectivity index (χ0) is 13.9. The Bertz CT molecular complexity index is 605. The second kappa shape index (κ2) is 5.41. The van der Waals surface area contributed by atoms with Crippen LogP contribution in [0.25, 0.3) is 0 Å². The summed E-state index contributed by atoms with van der Waals surface area (Å²) in [6, 6.07) is 9.38. The lowest BCUT2D eigenvalue weighted by atomic mass is 10.0. The molecular formula is C16H18N2O2. The summed E-state index contributed by atoms with van der Waals surface area (Å²) in [5.41, 5.74) is 3.06. The largest absolute Gasteiger partial charge is 0.467 e. The van der Waals surface area contributed by atoms with Gasteiger partial charge in [-0.3, -0.25) is 4.79 Å². The van der Waals surface area contributed by atoms with E-state index in [0.29, 0.717) is 5.56 Å². The van der Waals surface area contributed by atoms with E-state index in [-0.39, 0.29) is 11.9 Å². The molecule has 104 valence electrons. The fourth-order valence-electron chi connectivity index (χ4n) is 2.50. The predicted molar refractivity (Wildman–Crippen MR) is 77.8 cm³/mol. The number of hydrogen-bond donors (Lipinski definition) is 2. The highest BCUT2D eigenvalue weighted by molar-refractivity contribution is 5.95. The Morgan fingerprint density at radius 2 is 2.30 bits per heavy atom. The van der Waals surface area contributed by atoms with Crippen molar-refractivity contribution in [3.05, 3.63) is 53.5 Å². The van der Waals surface area contributed by atoms with Gasteiger partial charge >= 0.3 is 0 Å². The molecule has 20 heavy (non-hydrogen) atoms. The SMILES string of the molecule is CC(NC(=O)c1ccc2c(c1)CCCN2)c1ccco1. The lowest BCUT2D eigenvalue weighted by molar-refractivity contribution is 0.0935. The van der Waals surface area contributed by atoms with Crippen molar-refractivity contribution in [3.8, 4) is 0 Å². The van der Waals surface area contributed by atoms with Gasteiger partial charge in [0.1, 0.15) is 5.76 Å². The van der Waals surface area contributed by atoms with Gasteiger partial charge in [0.15, 0.2) is 0 Å². The Morgan fingerprint density at radius 1 is 1.40 bits per heavy atom. The fraction of sp³-hybridized carbons (Fsp3) is 0.312. The van der Waals surface area contributed by atoms with Crippen molar-refractivity contribution < 1.29 is 9.21 Å². The van der Waals surface area contributed by atoms with E-state index in [1.165, 1.54) is 5.56 Å². The lowest BCUT2D eigenvalue weighted by Gasteiger charge is -2.19. The molecule has 3 rings (SSSR count). The number of nitrogens with one attached hydrogen (secondary N) is 2. The lowest BCUT2D eigenvalue weighted by Crippen LogP contribution is -2.26. The van der Waals surface area contributed by atoms with Crippen LogP contribution in [0.5, 0.6) is 0 Å². The van der Waals surface area contributed by atoms with Crippen LogP contribution in [0.4, 0.5) is 5.69 Å². The van der Waals surface area contributed by atoms with Crippen LogP contribution in [0.3, 0.4) is 0 Å². The molecule has 1 aromatic carbocycles. The topological polar surface area (TPSA) is 54.3 Å². The molecule has 2 aromatic rings. The first-order valence-corrected chi connectivity index (χ1v) is 6.95. The van der Waals surface area contributed by atoms with Gasteiger partial charge < -0.3 is 15.1 Å². The van der Waals surface area contributed by atoms with Crippen LogP contribution >= 0.6 is 0 Å². The molecule has 2 N–H and O–H groups in total. The van der Waals surface area contributed by atoms with E-state index in [1.807, 2.05) is 37.3 Å². The fourth-order valence-corrected chi connectivity index (χ4v) is 2.50. The molecule has 1 amide bonds. The molecule has 0 saturated carbocycles. The van der Waals surface area contributed by atoms with Crippen LogP contribution < -0.4 is 10.6 Å². The Hall–Kier alpha value is -2.23. The minimum atomic E-state index is -0.133. The number of fused-ring (bicyclic) bond motifs is 1. The van der Waals surface area contributed by atoms with E-state index in [4.69, 9.17) is 4.42 Å². The van der Waals surface area contributed by atoms with Crippen LogP contribution in [0.15, 0.2) is 41.0 Å². The van der Waals surface area contributed by atoms with Gasteiger partial charge in [0, 0.05) is 17.8 Å². The second-order valence-electron chi connectivity index (χ2n) is 5.11.